The topological polar surface area (TPSA) is 24.5 Å². The van der Waals surface area contributed by atoms with Crippen molar-refractivity contribution < 1.29 is 4.74 Å². The average molecular weight is 186 g/mol. The molecule has 0 aliphatic carbocycles. The van der Waals surface area contributed by atoms with Gasteiger partial charge in [0.1, 0.15) is 0 Å². The maximum absolute atomic E-state index is 5.64. The molecular formula is C10H22N2O. The Labute approximate surface area is 81.4 Å². The van der Waals surface area contributed by atoms with Gasteiger partial charge < -0.3 is 15.0 Å². The molecule has 3 heteroatoms. The summed E-state index contributed by atoms with van der Waals surface area (Å²) in [7, 11) is 1.96. The van der Waals surface area contributed by atoms with E-state index in [1.54, 1.807) is 0 Å². The van der Waals surface area contributed by atoms with Crippen LogP contribution < -0.4 is 5.32 Å². The van der Waals surface area contributed by atoms with E-state index in [2.05, 4.69) is 17.1 Å². The van der Waals surface area contributed by atoms with E-state index < -0.39 is 0 Å². The first-order chi connectivity index (χ1) is 6.33. The van der Waals surface area contributed by atoms with Crippen LogP contribution in [-0.2, 0) is 4.74 Å². The van der Waals surface area contributed by atoms with Gasteiger partial charge in [-0.15, -0.1) is 0 Å². The third kappa shape index (κ3) is 4.60. The second kappa shape index (κ2) is 6.35. The molecule has 1 fully saturated rings. The summed E-state index contributed by atoms with van der Waals surface area (Å²) in [5.41, 5.74) is 0. The fraction of sp³-hybridized carbons (Fsp3) is 1.00. The van der Waals surface area contributed by atoms with Gasteiger partial charge in [0.05, 0.1) is 12.7 Å². The van der Waals surface area contributed by atoms with Crippen LogP contribution in [0, 0.1) is 0 Å². The molecule has 0 bridgehead atoms. The number of hydrogen-bond donors (Lipinski definition) is 1. The lowest BCUT2D eigenvalue weighted by atomic mass is 10.4. The number of ether oxygens (including phenoxy) is 1. The third-order valence-corrected chi connectivity index (χ3v) is 2.50. The largest absolute Gasteiger partial charge is 0.376 e. The molecule has 1 unspecified atom stereocenters. The van der Waals surface area contributed by atoms with Crippen molar-refractivity contribution in [2.75, 3.05) is 39.8 Å². The van der Waals surface area contributed by atoms with Crippen molar-refractivity contribution in [3.05, 3.63) is 0 Å². The van der Waals surface area contributed by atoms with Crippen LogP contribution in [-0.4, -0.2) is 50.8 Å². The van der Waals surface area contributed by atoms with Gasteiger partial charge >= 0.3 is 0 Å². The van der Waals surface area contributed by atoms with Crippen molar-refractivity contribution >= 4 is 0 Å². The van der Waals surface area contributed by atoms with Gasteiger partial charge in [-0.3, -0.25) is 0 Å². The van der Waals surface area contributed by atoms with E-state index >= 15 is 0 Å². The van der Waals surface area contributed by atoms with E-state index in [9.17, 15) is 0 Å². The monoisotopic (exact) mass is 186 g/mol. The van der Waals surface area contributed by atoms with E-state index in [4.69, 9.17) is 4.74 Å². The molecule has 0 radical (unpaired) electrons. The first-order valence-corrected chi connectivity index (χ1v) is 5.31. The Balaban J connectivity index is 1.93. The van der Waals surface area contributed by atoms with Crippen molar-refractivity contribution in [3.63, 3.8) is 0 Å². The average Bonchev–Trinajstić information content (AvgIpc) is 2.57. The van der Waals surface area contributed by atoms with Gasteiger partial charge in [-0.25, -0.2) is 0 Å². The summed E-state index contributed by atoms with van der Waals surface area (Å²) in [6.07, 6.45) is 3.07. The van der Waals surface area contributed by atoms with Crippen LogP contribution in [0.2, 0.25) is 0 Å². The third-order valence-electron chi connectivity index (χ3n) is 2.50. The SMILES string of the molecule is CNCC(C)OCCN1CCCC1. The lowest BCUT2D eigenvalue weighted by Gasteiger charge is -2.17. The van der Waals surface area contributed by atoms with E-state index in [0.717, 1.165) is 19.7 Å². The molecule has 1 N–H and O–H groups in total. The Morgan fingerprint density at radius 1 is 1.38 bits per heavy atom. The molecule has 0 amide bonds. The summed E-state index contributed by atoms with van der Waals surface area (Å²) in [6.45, 7) is 7.57. The van der Waals surface area contributed by atoms with E-state index in [1.165, 1.54) is 25.9 Å². The fourth-order valence-corrected chi connectivity index (χ4v) is 1.74. The second-order valence-corrected chi connectivity index (χ2v) is 3.79. The molecule has 1 aliphatic rings. The molecule has 0 saturated carbocycles. The van der Waals surface area contributed by atoms with Gasteiger partial charge in [-0.05, 0) is 39.9 Å². The molecule has 0 aromatic carbocycles. The van der Waals surface area contributed by atoms with Gasteiger partial charge in [0.15, 0.2) is 0 Å². The number of likely N-dealkylation sites (N-methyl/N-ethyl adjacent to an activating group) is 1. The molecule has 13 heavy (non-hydrogen) atoms. The normalized spacial score (nSPS) is 20.8. The van der Waals surface area contributed by atoms with E-state index in [0.29, 0.717) is 6.10 Å². The number of likely N-dealkylation sites (tertiary alicyclic amines) is 1. The Kier molecular flexibility index (Phi) is 5.35. The van der Waals surface area contributed by atoms with Gasteiger partial charge in [-0.1, -0.05) is 0 Å². The maximum atomic E-state index is 5.64. The number of nitrogens with one attached hydrogen (secondary N) is 1. The lowest BCUT2D eigenvalue weighted by Crippen LogP contribution is -2.29. The Hall–Kier alpha value is -0.120. The number of hydrogen-bond acceptors (Lipinski definition) is 3. The van der Waals surface area contributed by atoms with Gasteiger partial charge in [0, 0.05) is 13.1 Å². The van der Waals surface area contributed by atoms with Gasteiger partial charge in [0.2, 0.25) is 0 Å². The summed E-state index contributed by atoms with van der Waals surface area (Å²) >= 11 is 0. The standard InChI is InChI=1S/C10H22N2O/c1-10(9-11-2)13-8-7-12-5-3-4-6-12/h10-11H,3-9H2,1-2H3. The smallest absolute Gasteiger partial charge is 0.0671 e. The minimum atomic E-state index is 0.340. The zero-order chi connectivity index (χ0) is 9.52. The zero-order valence-corrected chi connectivity index (χ0v) is 8.88. The predicted octanol–water partition coefficient (Wildman–Crippen LogP) is 0.707. The molecule has 0 aromatic heterocycles. The van der Waals surface area contributed by atoms with Crippen molar-refractivity contribution in [2.24, 2.45) is 0 Å². The Morgan fingerprint density at radius 3 is 2.69 bits per heavy atom. The summed E-state index contributed by atoms with van der Waals surface area (Å²) in [5, 5.41) is 3.11. The van der Waals surface area contributed by atoms with Crippen molar-refractivity contribution in [1.29, 1.82) is 0 Å². The summed E-state index contributed by atoms with van der Waals surface area (Å²) in [6, 6.07) is 0. The molecule has 3 nitrogen and oxygen atoms in total. The summed E-state index contributed by atoms with van der Waals surface area (Å²) in [4.78, 5) is 2.48. The maximum Gasteiger partial charge on any atom is 0.0671 e. The Bertz CT molecular complexity index is 124. The first-order valence-electron chi connectivity index (χ1n) is 5.31. The van der Waals surface area contributed by atoms with Crippen LogP contribution >= 0.6 is 0 Å². The highest BCUT2D eigenvalue weighted by molar-refractivity contribution is 4.65. The second-order valence-electron chi connectivity index (χ2n) is 3.79. The number of rotatable bonds is 6. The highest BCUT2D eigenvalue weighted by Crippen LogP contribution is 2.06. The summed E-state index contributed by atoms with van der Waals surface area (Å²) in [5.74, 6) is 0. The number of nitrogens with zero attached hydrogens (tertiary/aromatic N) is 1. The lowest BCUT2D eigenvalue weighted by molar-refractivity contribution is 0.0535. The molecule has 0 spiro atoms. The first kappa shape index (κ1) is 11.0. The molecule has 78 valence electrons. The van der Waals surface area contributed by atoms with E-state index in [1.807, 2.05) is 7.05 Å². The molecule has 1 atom stereocenters. The van der Waals surface area contributed by atoms with Gasteiger partial charge in [0.25, 0.3) is 0 Å². The Morgan fingerprint density at radius 2 is 2.08 bits per heavy atom. The highest BCUT2D eigenvalue weighted by atomic mass is 16.5. The molecular weight excluding hydrogens is 164 g/mol. The molecule has 1 saturated heterocycles. The van der Waals surface area contributed by atoms with Crippen LogP contribution in [0.1, 0.15) is 19.8 Å². The van der Waals surface area contributed by atoms with Crippen LogP contribution in [0.3, 0.4) is 0 Å². The minimum Gasteiger partial charge on any atom is -0.376 e. The molecule has 0 aromatic rings. The molecule has 1 heterocycles. The van der Waals surface area contributed by atoms with Crippen molar-refractivity contribution in [3.8, 4) is 0 Å². The highest BCUT2D eigenvalue weighted by Gasteiger charge is 2.10. The van der Waals surface area contributed by atoms with Crippen molar-refractivity contribution in [1.82, 2.24) is 10.2 Å². The molecule has 1 aliphatic heterocycles. The van der Waals surface area contributed by atoms with Crippen LogP contribution in [0.5, 0.6) is 0 Å². The van der Waals surface area contributed by atoms with Crippen LogP contribution in [0.25, 0.3) is 0 Å². The van der Waals surface area contributed by atoms with Crippen LogP contribution in [0.15, 0.2) is 0 Å². The predicted molar refractivity (Wildman–Crippen MR) is 55.0 cm³/mol. The minimum absolute atomic E-state index is 0.340. The van der Waals surface area contributed by atoms with Gasteiger partial charge in [-0.2, -0.15) is 0 Å². The zero-order valence-electron chi connectivity index (χ0n) is 8.88. The fourth-order valence-electron chi connectivity index (χ4n) is 1.74. The van der Waals surface area contributed by atoms with Crippen LogP contribution in [0.4, 0.5) is 0 Å². The van der Waals surface area contributed by atoms with Crippen molar-refractivity contribution in [2.45, 2.75) is 25.9 Å². The van der Waals surface area contributed by atoms with E-state index in [-0.39, 0.29) is 0 Å². The molecule has 1 rings (SSSR count). The summed E-state index contributed by atoms with van der Waals surface area (Å²) < 4.78 is 5.64. The quantitative estimate of drug-likeness (QED) is 0.661.